The highest BCUT2D eigenvalue weighted by molar-refractivity contribution is 5.99. The molecule has 2 N–H and O–H groups in total. The summed E-state index contributed by atoms with van der Waals surface area (Å²) in [6, 6.07) is 14.2. The third kappa shape index (κ3) is 6.47. The summed E-state index contributed by atoms with van der Waals surface area (Å²) in [5.74, 6) is -0.0886. The Hall–Kier alpha value is -2.94. The molecule has 8 heteroatoms. The quantitative estimate of drug-likeness (QED) is 0.448. The Bertz CT molecular complexity index is 1310. The van der Waals surface area contributed by atoms with Gasteiger partial charge in [-0.25, -0.2) is 0 Å². The molecule has 4 aliphatic rings. The van der Waals surface area contributed by atoms with Crippen molar-refractivity contribution < 1.29 is 19.1 Å². The number of amides is 2. The largest absolute Gasteiger partial charge is 0.381 e. The first-order chi connectivity index (χ1) is 20.8. The lowest BCUT2D eigenvalue weighted by Gasteiger charge is -2.37. The molecule has 0 saturated carbocycles. The van der Waals surface area contributed by atoms with Crippen molar-refractivity contribution in [2.45, 2.75) is 84.2 Å². The minimum Gasteiger partial charge on any atom is -0.381 e. The van der Waals surface area contributed by atoms with Gasteiger partial charge in [-0.1, -0.05) is 31.2 Å². The van der Waals surface area contributed by atoms with Gasteiger partial charge in [0.25, 0.3) is 5.91 Å². The second-order valence-corrected chi connectivity index (χ2v) is 13.2. The second kappa shape index (κ2) is 13.0. The molecule has 232 valence electrons. The fourth-order valence-electron chi connectivity index (χ4n) is 7.71. The summed E-state index contributed by atoms with van der Waals surface area (Å²) in [7, 11) is 0. The Morgan fingerprint density at radius 1 is 1.09 bits per heavy atom. The number of likely N-dealkylation sites (tertiary alicyclic amines) is 1. The predicted molar refractivity (Wildman–Crippen MR) is 169 cm³/mol. The van der Waals surface area contributed by atoms with E-state index in [-0.39, 0.29) is 29.7 Å². The molecule has 8 nitrogen and oxygen atoms in total. The number of ether oxygens (including phenoxy) is 2. The maximum atomic E-state index is 13.8. The Morgan fingerprint density at radius 2 is 1.86 bits per heavy atom. The Labute approximate surface area is 256 Å². The SMILES string of the molecule is CCN(c1cc(-c2ccc(CN3C[C@@H]4C[C@H]3CO4)cc2)cc(C(=O)NCC2C(=O)NC(C)CC2C)c1C)C1CCOCC1. The number of carbonyl (C=O) groups excluding carboxylic acids is 2. The average Bonchev–Trinajstić information content (AvgIpc) is 3.62. The summed E-state index contributed by atoms with van der Waals surface area (Å²) < 4.78 is 11.5. The molecule has 4 aliphatic heterocycles. The van der Waals surface area contributed by atoms with E-state index < -0.39 is 0 Å². The van der Waals surface area contributed by atoms with E-state index in [0.29, 0.717) is 30.3 Å². The van der Waals surface area contributed by atoms with Gasteiger partial charge < -0.3 is 25.0 Å². The zero-order chi connectivity index (χ0) is 30.1. The monoisotopic (exact) mass is 588 g/mol. The number of benzene rings is 2. The Morgan fingerprint density at radius 3 is 2.51 bits per heavy atom. The lowest BCUT2D eigenvalue weighted by Crippen LogP contribution is -2.50. The van der Waals surface area contributed by atoms with Gasteiger partial charge in [-0.3, -0.25) is 14.5 Å². The van der Waals surface area contributed by atoms with Crippen molar-refractivity contribution in [2.75, 3.05) is 44.4 Å². The van der Waals surface area contributed by atoms with Gasteiger partial charge in [0.1, 0.15) is 0 Å². The molecule has 4 heterocycles. The molecule has 4 fully saturated rings. The molecule has 5 atom stereocenters. The van der Waals surface area contributed by atoms with Crippen LogP contribution in [0.4, 0.5) is 5.69 Å². The van der Waals surface area contributed by atoms with Gasteiger partial charge in [-0.15, -0.1) is 0 Å². The summed E-state index contributed by atoms with van der Waals surface area (Å²) in [6.07, 6.45) is 4.43. The zero-order valence-electron chi connectivity index (χ0n) is 26.2. The van der Waals surface area contributed by atoms with E-state index in [4.69, 9.17) is 9.47 Å². The van der Waals surface area contributed by atoms with Gasteiger partial charge in [0, 0.05) is 68.8 Å². The van der Waals surface area contributed by atoms with E-state index in [1.807, 2.05) is 13.0 Å². The minimum absolute atomic E-state index is 0.0313. The number of piperidine rings is 1. The smallest absolute Gasteiger partial charge is 0.251 e. The van der Waals surface area contributed by atoms with Gasteiger partial charge in [0.2, 0.25) is 5.91 Å². The summed E-state index contributed by atoms with van der Waals surface area (Å²) in [6.45, 7) is 13.9. The maximum absolute atomic E-state index is 13.8. The first-order valence-corrected chi connectivity index (χ1v) is 16.3. The normalized spacial score (nSPS) is 27.7. The number of anilines is 1. The van der Waals surface area contributed by atoms with Gasteiger partial charge in [0.15, 0.2) is 0 Å². The lowest BCUT2D eigenvalue weighted by molar-refractivity contribution is -0.129. The van der Waals surface area contributed by atoms with Crippen LogP contribution in [0.25, 0.3) is 11.1 Å². The van der Waals surface area contributed by atoms with E-state index in [1.165, 1.54) is 5.56 Å². The molecule has 2 amide bonds. The summed E-state index contributed by atoms with van der Waals surface area (Å²) in [5.41, 5.74) is 6.19. The highest BCUT2D eigenvalue weighted by Gasteiger charge is 2.38. The third-order valence-electron chi connectivity index (χ3n) is 10.2. The molecule has 4 saturated heterocycles. The van der Waals surface area contributed by atoms with Crippen LogP contribution in [0.2, 0.25) is 0 Å². The molecule has 2 bridgehead atoms. The molecular formula is C35H48N4O4. The van der Waals surface area contributed by atoms with E-state index in [0.717, 1.165) is 87.5 Å². The fourth-order valence-corrected chi connectivity index (χ4v) is 7.71. The van der Waals surface area contributed by atoms with Crippen LogP contribution in [0.1, 0.15) is 67.9 Å². The summed E-state index contributed by atoms with van der Waals surface area (Å²) >= 11 is 0. The van der Waals surface area contributed by atoms with Crippen molar-refractivity contribution >= 4 is 17.5 Å². The van der Waals surface area contributed by atoms with E-state index >= 15 is 0 Å². The Balaban J connectivity index is 1.27. The van der Waals surface area contributed by atoms with Gasteiger partial charge in [0.05, 0.1) is 18.6 Å². The van der Waals surface area contributed by atoms with Gasteiger partial charge in [-0.2, -0.15) is 0 Å². The van der Waals surface area contributed by atoms with Crippen LogP contribution in [0.3, 0.4) is 0 Å². The fraction of sp³-hybridized carbons (Fsp3) is 0.600. The molecule has 2 aromatic rings. The number of nitrogens with one attached hydrogen (secondary N) is 2. The molecule has 2 aromatic carbocycles. The van der Waals surface area contributed by atoms with Crippen LogP contribution >= 0.6 is 0 Å². The Kier molecular flexibility index (Phi) is 9.08. The molecular weight excluding hydrogens is 540 g/mol. The molecule has 6 rings (SSSR count). The predicted octanol–water partition coefficient (Wildman–Crippen LogP) is 4.53. The molecule has 0 aromatic heterocycles. The number of hydrogen-bond acceptors (Lipinski definition) is 6. The molecule has 0 spiro atoms. The average molecular weight is 589 g/mol. The standard InChI is InChI=1S/C35H48N4O4/c1-5-39(28-10-12-42-13-11-28)33-16-27(26-8-6-25(7-9-26)19-38-20-30-17-29(38)21-43-30)15-31(24(33)4)34(40)36-18-32-22(2)14-23(3)37-35(32)41/h6-9,15-16,22-23,28-30,32H,5,10-14,17-21H2,1-4H3,(H,36,40)(H,37,41)/t22?,23?,29-,30-,32?/m0/s1. The van der Waals surface area contributed by atoms with Crippen LogP contribution in [-0.4, -0.2) is 80.4 Å². The van der Waals surface area contributed by atoms with Crippen LogP contribution in [0, 0.1) is 18.8 Å². The van der Waals surface area contributed by atoms with Crippen molar-refractivity contribution in [1.29, 1.82) is 0 Å². The highest BCUT2D eigenvalue weighted by Crippen LogP contribution is 2.35. The summed E-state index contributed by atoms with van der Waals surface area (Å²) in [4.78, 5) is 31.5. The van der Waals surface area contributed by atoms with Crippen LogP contribution in [0.5, 0.6) is 0 Å². The van der Waals surface area contributed by atoms with Gasteiger partial charge >= 0.3 is 0 Å². The van der Waals surface area contributed by atoms with Crippen molar-refractivity contribution in [2.24, 2.45) is 11.8 Å². The highest BCUT2D eigenvalue weighted by atomic mass is 16.5. The van der Waals surface area contributed by atoms with Crippen molar-refractivity contribution in [3.8, 4) is 11.1 Å². The van der Waals surface area contributed by atoms with Crippen LogP contribution < -0.4 is 15.5 Å². The van der Waals surface area contributed by atoms with Crippen molar-refractivity contribution in [3.05, 3.63) is 53.1 Å². The van der Waals surface area contributed by atoms with Crippen LogP contribution in [0.15, 0.2) is 36.4 Å². The van der Waals surface area contributed by atoms with E-state index in [1.54, 1.807) is 0 Å². The molecule has 0 radical (unpaired) electrons. The number of morpholine rings is 1. The first-order valence-electron chi connectivity index (χ1n) is 16.3. The minimum atomic E-state index is -0.220. The zero-order valence-corrected chi connectivity index (χ0v) is 26.2. The number of nitrogens with zero attached hydrogens (tertiary/aromatic N) is 2. The van der Waals surface area contributed by atoms with E-state index in [2.05, 4.69) is 71.5 Å². The van der Waals surface area contributed by atoms with Crippen molar-refractivity contribution in [1.82, 2.24) is 15.5 Å². The maximum Gasteiger partial charge on any atom is 0.251 e. The number of carbonyl (C=O) groups is 2. The molecule has 3 unspecified atom stereocenters. The van der Waals surface area contributed by atoms with Crippen molar-refractivity contribution in [3.63, 3.8) is 0 Å². The molecule has 0 aliphatic carbocycles. The van der Waals surface area contributed by atoms with Crippen LogP contribution in [-0.2, 0) is 20.8 Å². The first kappa shape index (κ1) is 30.1. The van der Waals surface area contributed by atoms with Gasteiger partial charge in [-0.05, 0) is 86.8 Å². The number of rotatable bonds is 9. The second-order valence-electron chi connectivity index (χ2n) is 13.2. The topological polar surface area (TPSA) is 83.1 Å². The third-order valence-corrected chi connectivity index (χ3v) is 10.2. The van der Waals surface area contributed by atoms with E-state index in [9.17, 15) is 9.59 Å². The lowest BCUT2D eigenvalue weighted by atomic mass is 9.84. The molecule has 43 heavy (non-hydrogen) atoms. The number of hydrogen-bond donors (Lipinski definition) is 2. The summed E-state index contributed by atoms with van der Waals surface area (Å²) in [5, 5.41) is 6.19. The number of fused-ring (bicyclic) bond motifs is 2.